The van der Waals surface area contributed by atoms with Crippen LogP contribution in [0.5, 0.6) is 0 Å². The second-order valence-corrected chi connectivity index (χ2v) is 6.68. The number of hydrogen-bond donors (Lipinski definition) is 1. The smallest absolute Gasteiger partial charge is 0.243 e. The lowest BCUT2D eigenvalue weighted by Crippen LogP contribution is -2.34. The van der Waals surface area contributed by atoms with Gasteiger partial charge in [-0.15, -0.1) is 21.5 Å². The monoisotopic (exact) mass is 355 g/mol. The molecule has 1 atom stereocenters. The second kappa shape index (κ2) is 7.12. The summed E-state index contributed by atoms with van der Waals surface area (Å²) in [7, 11) is 0. The Kier molecular flexibility index (Phi) is 4.53. The number of aromatic nitrogens is 4. The molecule has 1 aromatic carbocycles. The van der Waals surface area contributed by atoms with Crippen molar-refractivity contribution in [2.75, 3.05) is 13.2 Å². The lowest BCUT2D eigenvalue weighted by atomic mass is 9.97. The van der Waals surface area contributed by atoms with Crippen LogP contribution < -0.4 is 5.32 Å². The molecule has 0 aliphatic carbocycles. The summed E-state index contributed by atoms with van der Waals surface area (Å²) in [4.78, 5) is 14.4. The van der Waals surface area contributed by atoms with E-state index < -0.39 is 0 Å². The third-order valence-electron chi connectivity index (χ3n) is 4.06. The van der Waals surface area contributed by atoms with E-state index in [1.165, 1.54) is 21.7 Å². The van der Waals surface area contributed by atoms with E-state index in [1.807, 2.05) is 29.6 Å². The van der Waals surface area contributed by atoms with Crippen molar-refractivity contribution in [2.45, 2.75) is 19.1 Å². The van der Waals surface area contributed by atoms with Crippen molar-refractivity contribution in [1.82, 2.24) is 25.5 Å². The molecule has 0 radical (unpaired) electrons. The lowest BCUT2D eigenvalue weighted by Gasteiger charge is -2.26. The number of nitrogens with zero attached hydrogens (tertiary/aromatic N) is 4. The van der Waals surface area contributed by atoms with Gasteiger partial charge in [-0.3, -0.25) is 4.79 Å². The zero-order chi connectivity index (χ0) is 17.1. The van der Waals surface area contributed by atoms with Gasteiger partial charge in [-0.25, -0.2) is 0 Å². The van der Waals surface area contributed by atoms with E-state index in [2.05, 4.69) is 32.9 Å². The molecule has 0 spiro atoms. The highest BCUT2D eigenvalue weighted by atomic mass is 32.1. The summed E-state index contributed by atoms with van der Waals surface area (Å²) in [5.74, 6) is 0.370. The summed E-state index contributed by atoms with van der Waals surface area (Å²) < 4.78 is 5.79. The van der Waals surface area contributed by atoms with Gasteiger partial charge in [-0.05, 0) is 34.2 Å². The molecule has 4 rings (SSSR count). The first-order chi connectivity index (χ1) is 12.3. The van der Waals surface area contributed by atoms with Crippen molar-refractivity contribution in [1.29, 1.82) is 0 Å². The summed E-state index contributed by atoms with van der Waals surface area (Å²) in [6, 6.07) is 12.0. The number of hydrogen-bond acceptors (Lipinski definition) is 6. The normalized spacial score (nSPS) is 16.4. The van der Waals surface area contributed by atoms with Crippen LogP contribution >= 0.6 is 11.3 Å². The number of carbonyl (C=O) groups is 1. The third-order valence-corrected chi connectivity index (χ3v) is 4.92. The molecule has 1 aliphatic heterocycles. The lowest BCUT2D eigenvalue weighted by molar-refractivity contribution is -0.122. The largest absolute Gasteiger partial charge is 0.371 e. The number of fused-ring (bicyclic) bond motifs is 1. The van der Waals surface area contributed by atoms with Gasteiger partial charge in [0.15, 0.2) is 0 Å². The molecule has 1 amide bonds. The molecule has 0 unspecified atom stereocenters. The number of amides is 1. The predicted molar refractivity (Wildman–Crippen MR) is 93.0 cm³/mol. The topological polar surface area (TPSA) is 81.9 Å². The second-order valence-electron chi connectivity index (χ2n) is 5.73. The molecular formula is C17H17N5O2S. The molecule has 1 N–H and O–H groups in total. The standard InChI is InChI=1S/C17H17N5O2S/c23-16(11-22-20-17(19-21-22)15-6-3-9-25-15)18-10-14-13-5-2-1-4-12(13)7-8-24-14/h1-6,9,14H,7-8,10-11H2,(H,18,23)/t14-/m0/s1. The zero-order valence-electron chi connectivity index (χ0n) is 13.5. The zero-order valence-corrected chi connectivity index (χ0v) is 14.3. The van der Waals surface area contributed by atoms with Crippen molar-refractivity contribution in [3.05, 3.63) is 52.9 Å². The number of rotatable bonds is 5. The van der Waals surface area contributed by atoms with Crippen LogP contribution in [0.3, 0.4) is 0 Å². The fraction of sp³-hybridized carbons (Fsp3) is 0.294. The Bertz CT molecular complexity index is 862. The Labute approximate surface area is 148 Å². The highest BCUT2D eigenvalue weighted by molar-refractivity contribution is 7.13. The van der Waals surface area contributed by atoms with Gasteiger partial charge in [0.05, 0.1) is 11.5 Å². The number of thiophene rings is 1. The first-order valence-electron chi connectivity index (χ1n) is 8.07. The van der Waals surface area contributed by atoms with Crippen molar-refractivity contribution in [2.24, 2.45) is 0 Å². The average Bonchev–Trinajstić information content (AvgIpc) is 3.31. The van der Waals surface area contributed by atoms with E-state index in [9.17, 15) is 4.79 Å². The Morgan fingerprint density at radius 3 is 3.12 bits per heavy atom. The van der Waals surface area contributed by atoms with Crippen LogP contribution in [-0.4, -0.2) is 39.3 Å². The van der Waals surface area contributed by atoms with Gasteiger partial charge < -0.3 is 10.1 Å². The molecular weight excluding hydrogens is 338 g/mol. The summed E-state index contributed by atoms with van der Waals surface area (Å²) in [5.41, 5.74) is 2.43. The van der Waals surface area contributed by atoms with Crippen LogP contribution in [0.4, 0.5) is 0 Å². The van der Waals surface area contributed by atoms with Gasteiger partial charge in [0.2, 0.25) is 11.7 Å². The fourth-order valence-electron chi connectivity index (χ4n) is 2.85. The van der Waals surface area contributed by atoms with Gasteiger partial charge in [0.25, 0.3) is 0 Å². The first-order valence-corrected chi connectivity index (χ1v) is 8.95. The maximum atomic E-state index is 12.2. The molecule has 128 valence electrons. The molecule has 0 saturated carbocycles. The van der Waals surface area contributed by atoms with Crippen molar-refractivity contribution in [3.63, 3.8) is 0 Å². The Morgan fingerprint density at radius 1 is 1.32 bits per heavy atom. The van der Waals surface area contributed by atoms with Crippen LogP contribution in [0.15, 0.2) is 41.8 Å². The minimum atomic E-state index is -0.165. The molecule has 0 bridgehead atoms. The molecule has 2 aromatic heterocycles. The van der Waals surface area contributed by atoms with Crippen molar-refractivity contribution < 1.29 is 9.53 Å². The summed E-state index contributed by atoms with van der Waals surface area (Å²) in [6.07, 6.45) is 0.800. The average molecular weight is 355 g/mol. The number of tetrazole rings is 1. The molecule has 0 fully saturated rings. The predicted octanol–water partition coefficient (Wildman–Crippen LogP) is 1.83. The quantitative estimate of drug-likeness (QED) is 0.755. The summed E-state index contributed by atoms with van der Waals surface area (Å²) >= 11 is 1.54. The molecule has 3 heterocycles. The maximum Gasteiger partial charge on any atom is 0.243 e. The van der Waals surface area contributed by atoms with Gasteiger partial charge in [0, 0.05) is 6.54 Å². The van der Waals surface area contributed by atoms with Crippen LogP contribution in [0, 0.1) is 0 Å². The molecule has 0 saturated heterocycles. The highest BCUT2D eigenvalue weighted by Gasteiger charge is 2.21. The molecule has 25 heavy (non-hydrogen) atoms. The maximum absolute atomic E-state index is 12.2. The van der Waals surface area contributed by atoms with Crippen LogP contribution in [0.2, 0.25) is 0 Å². The van der Waals surface area contributed by atoms with Crippen molar-refractivity contribution in [3.8, 4) is 10.7 Å². The molecule has 7 nitrogen and oxygen atoms in total. The van der Waals surface area contributed by atoms with E-state index in [1.54, 1.807) is 0 Å². The summed E-state index contributed by atoms with van der Waals surface area (Å²) in [5, 5.41) is 17.0. The van der Waals surface area contributed by atoms with Crippen LogP contribution in [0.1, 0.15) is 17.2 Å². The van der Waals surface area contributed by atoms with Crippen LogP contribution in [-0.2, 0) is 22.5 Å². The minimum absolute atomic E-state index is 0.0345. The van der Waals surface area contributed by atoms with E-state index in [0.29, 0.717) is 19.0 Å². The van der Waals surface area contributed by atoms with E-state index in [-0.39, 0.29) is 18.6 Å². The van der Waals surface area contributed by atoms with E-state index >= 15 is 0 Å². The molecule has 3 aromatic rings. The third kappa shape index (κ3) is 3.59. The van der Waals surface area contributed by atoms with Gasteiger partial charge in [0.1, 0.15) is 12.6 Å². The Hall–Kier alpha value is -2.58. The molecule has 1 aliphatic rings. The van der Waals surface area contributed by atoms with Gasteiger partial charge in [-0.2, -0.15) is 4.80 Å². The van der Waals surface area contributed by atoms with Crippen molar-refractivity contribution >= 4 is 17.2 Å². The molecule has 8 heteroatoms. The van der Waals surface area contributed by atoms with Crippen LogP contribution in [0.25, 0.3) is 10.7 Å². The number of ether oxygens (including phenoxy) is 1. The van der Waals surface area contributed by atoms with E-state index in [4.69, 9.17) is 4.74 Å². The SMILES string of the molecule is O=C(Cn1nnc(-c2cccs2)n1)NC[C@@H]1OCCc2ccccc21. The van der Waals surface area contributed by atoms with Gasteiger partial charge in [-0.1, -0.05) is 30.3 Å². The first kappa shape index (κ1) is 15.9. The minimum Gasteiger partial charge on any atom is -0.371 e. The van der Waals surface area contributed by atoms with E-state index in [0.717, 1.165) is 16.9 Å². The number of carbonyl (C=O) groups excluding carboxylic acids is 1. The number of nitrogens with one attached hydrogen (secondary N) is 1. The fourth-order valence-corrected chi connectivity index (χ4v) is 3.50. The Morgan fingerprint density at radius 2 is 2.24 bits per heavy atom. The highest BCUT2D eigenvalue weighted by Crippen LogP contribution is 2.26. The Balaban J connectivity index is 1.34. The summed E-state index contributed by atoms with van der Waals surface area (Å²) in [6.45, 7) is 1.14. The van der Waals surface area contributed by atoms with Gasteiger partial charge >= 0.3 is 0 Å². The number of benzene rings is 1.